The first-order valence-corrected chi connectivity index (χ1v) is 8.07. The van der Waals surface area contributed by atoms with Gasteiger partial charge in [-0.2, -0.15) is 0 Å². The van der Waals surface area contributed by atoms with Crippen molar-refractivity contribution in [2.75, 3.05) is 0 Å². The van der Waals surface area contributed by atoms with Gasteiger partial charge in [0, 0.05) is 15.8 Å². The maximum atomic E-state index is 6.20. The summed E-state index contributed by atoms with van der Waals surface area (Å²) in [4.78, 5) is 2.30. The molecule has 0 spiro atoms. The van der Waals surface area contributed by atoms with Gasteiger partial charge < -0.3 is 5.73 Å². The van der Waals surface area contributed by atoms with Gasteiger partial charge in [-0.25, -0.2) is 0 Å². The van der Waals surface area contributed by atoms with E-state index < -0.39 is 0 Å². The van der Waals surface area contributed by atoms with Crippen LogP contribution in [0.25, 0.3) is 0 Å². The SMILES string of the molecule is CCC(N)Cc1ccc(Sc2ccccc2Cl)cc1C. The molecule has 1 nitrogen and oxygen atoms in total. The molecule has 0 saturated heterocycles. The lowest BCUT2D eigenvalue weighted by Gasteiger charge is -2.12. The van der Waals surface area contributed by atoms with E-state index in [-0.39, 0.29) is 6.04 Å². The highest BCUT2D eigenvalue weighted by Gasteiger charge is 2.07. The summed E-state index contributed by atoms with van der Waals surface area (Å²) in [5, 5.41) is 0.798. The number of hydrogen-bond acceptors (Lipinski definition) is 2. The van der Waals surface area contributed by atoms with Gasteiger partial charge in [0.2, 0.25) is 0 Å². The second-order valence-corrected chi connectivity index (χ2v) is 6.52. The fourth-order valence-corrected chi connectivity index (χ4v) is 3.23. The topological polar surface area (TPSA) is 26.0 Å². The van der Waals surface area contributed by atoms with Crippen LogP contribution in [0.4, 0.5) is 0 Å². The molecule has 0 aliphatic carbocycles. The minimum absolute atomic E-state index is 0.246. The Hall–Kier alpha value is -0.960. The van der Waals surface area contributed by atoms with Crippen molar-refractivity contribution in [2.45, 2.75) is 42.5 Å². The quantitative estimate of drug-likeness (QED) is 0.833. The first kappa shape index (κ1) is 15.4. The van der Waals surface area contributed by atoms with Crippen molar-refractivity contribution in [3.63, 3.8) is 0 Å². The van der Waals surface area contributed by atoms with Gasteiger partial charge in [0.25, 0.3) is 0 Å². The Morgan fingerprint density at radius 1 is 1.20 bits per heavy atom. The zero-order chi connectivity index (χ0) is 14.5. The van der Waals surface area contributed by atoms with Gasteiger partial charge >= 0.3 is 0 Å². The lowest BCUT2D eigenvalue weighted by atomic mass is 10.0. The third kappa shape index (κ3) is 4.02. The Bertz CT molecular complexity index is 583. The third-order valence-electron chi connectivity index (χ3n) is 3.38. The zero-order valence-electron chi connectivity index (χ0n) is 11.9. The molecule has 0 saturated carbocycles. The van der Waals surface area contributed by atoms with E-state index in [1.807, 2.05) is 24.3 Å². The van der Waals surface area contributed by atoms with Gasteiger partial charge in [0.05, 0.1) is 5.02 Å². The lowest BCUT2D eigenvalue weighted by molar-refractivity contribution is 0.644. The number of rotatable bonds is 5. The zero-order valence-corrected chi connectivity index (χ0v) is 13.5. The summed E-state index contributed by atoms with van der Waals surface area (Å²) in [6.07, 6.45) is 1.95. The van der Waals surface area contributed by atoms with E-state index in [0.717, 1.165) is 22.8 Å². The molecule has 2 aromatic carbocycles. The molecular weight excluding hydrogens is 286 g/mol. The standard InChI is InChI=1S/C17H20ClNS/c1-3-14(19)11-13-8-9-15(10-12(13)2)20-17-7-5-4-6-16(17)18/h4-10,14H,3,11,19H2,1-2H3. The van der Waals surface area contributed by atoms with Gasteiger partial charge in [-0.15, -0.1) is 0 Å². The summed E-state index contributed by atoms with van der Waals surface area (Å²) in [7, 11) is 0. The molecule has 20 heavy (non-hydrogen) atoms. The molecule has 0 bridgehead atoms. The minimum Gasteiger partial charge on any atom is -0.327 e. The Kier molecular flexibility index (Phi) is 5.53. The highest BCUT2D eigenvalue weighted by molar-refractivity contribution is 7.99. The summed E-state index contributed by atoms with van der Waals surface area (Å²) >= 11 is 7.89. The van der Waals surface area contributed by atoms with Gasteiger partial charge in [0.15, 0.2) is 0 Å². The molecule has 1 atom stereocenters. The number of aryl methyl sites for hydroxylation is 1. The first-order chi connectivity index (χ1) is 9.60. The van der Waals surface area contributed by atoms with E-state index >= 15 is 0 Å². The average Bonchev–Trinajstić information content (AvgIpc) is 2.44. The molecule has 0 aliphatic heterocycles. The van der Waals surface area contributed by atoms with Crippen LogP contribution in [-0.4, -0.2) is 6.04 Å². The molecule has 2 N–H and O–H groups in total. The molecular formula is C17H20ClNS. The smallest absolute Gasteiger partial charge is 0.0545 e. The predicted octanol–water partition coefficient (Wildman–Crippen LogP) is 5.08. The summed E-state index contributed by atoms with van der Waals surface area (Å²) in [5.74, 6) is 0. The maximum absolute atomic E-state index is 6.20. The Morgan fingerprint density at radius 2 is 1.95 bits per heavy atom. The molecule has 0 heterocycles. The molecule has 0 amide bonds. The largest absolute Gasteiger partial charge is 0.327 e. The van der Waals surface area contributed by atoms with E-state index in [1.165, 1.54) is 16.0 Å². The fraction of sp³-hybridized carbons (Fsp3) is 0.294. The van der Waals surface area contributed by atoms with Crippen molar-refractivity contribution < 1.29 is 0 Å². The molecule has 1 unspecified atom stereocenters. The highest BCUT2D eigenvalue weighted by Crippen LogP contribution is 2.33. The third-order valence-corrected chi connectivity index (χ3v) is 4.89. The van der Waals surface area contributed by atoms with Gasteiger partial charge in [-0.05, 0) is 55.2 Å². The van der Waals surface area contributed by atoms with Crippen LogP contribution in [-0.2, 0) is 6.42 Å². The number of benzene rings is 2. The summed E-state index contributed by atoms with van der Waals surface area (Å²) in [6.45, 7) is 4.27. The van der Waals surface area contributed by atoms with Gasteiger partial charge in [-0.3, -0.25) is 0 Å². The molecule has 0 aliphatic rings. The number of halogens is 1. The maximum Gasteiger partial charge on any atom is 0.0545 e. The summed E-state index contributed by atoms with van der Waals surface area (Å²) in [6, 6.07) is 14.7. The monoisotopic (exact) mass is 305 g/mol. The summed E-state index contributed by atoms with van der Waals surface area (Å²) < 4.78 is 0. The average molecular weight is 306 g/mol. The molecule has 0 fully saturated rings. The molecule has 106 valence electrons. The van der Waals surface area contributed by atoms with Crippen LogP contribution in [0.3, 0.4) is 0 Å². The molecule has 3 heteroatoms. The van der Waals surface area contributed by atoms with Crippen molar-refractivity contribution in [3.8, 4) is 0 Å². The highest BCUT2D eigenvalue weighted by atomic mass is 35.5. The van der Waals surface area contributed by atoms with Crippen molar-refractivity contribution in [1.82, 2.24) is 0 Å². The van der Waals surface area contributed by atoms with Crippen LogP contribution in [0.15, 0.2) is 52.3 Å². The second-order valence-electron chi connectivity index (χ2n) is 4.99. The van der Waals surface area contributed by atoms with E-state index in [2.05, 4.69) is 32.0 Å². The van der Waals surface area contributed by atoms with Crippen molar-refractivity contribution in [3.05, 3.63) is 58.6 Å². The van der Waals surface area contributed by atoms with E-state index in [0.29, 0.717) is 0 Å². The summed E-state index contributed by atoms with van der Waals surface area (Å²) in [5.41, 5.74) is 8.67. The van der Waals surface area contributed by atoms with E-state index in [4.69, 9.17) is 17.3 Å². The Balaban J connectivity index is 2.15. The first-order valence-electron chi connectivity index (χ1n) is 6.87. The van der Waals surface area contributed by atoms with Crippen molar-refractivity contribution in [2.24, 2.45) is 5.73 Å². The number of nitrogens with two attached hydrogens (primary N) is 1. The second kappa shape index (κ2) is 7.16. The van der Waals surface area contributed by atoms with Crippen LogP contribution in [0, 0.1) is 6.92 Å². The fourth-order valence-electron chi connectivity index (χ4n) is 2.04. The molecule has 0 aromatic heterocycles. The van der Waals surface area contributed by atoms with Crippen molar-refractivity contribution >= 4 is 23.4 Å². The minimum atomic E-state index is 0.246. The Labute approximate surface area is 130 Å². The van der Waals surface area contributed by atoms with Crippen LogP contribution in [0.5, 0.6) is 0 Å². The van der Waals surface area contributed by atoms with Crippen LogP contribution < -0.4 is 5.73 Å². The lowest BCUT2D eigenvalue weighted by Crippen LogP contribution is -2.21. The molecule has 2 aromatic rings. The van der Waals surface area contributed by atoms with Crippen molar-refractivity contribution in [1.29, 1.82) is 0 Å². The normalized spacial score (nSPS) is 12.4. The van der Waals surface area contributed by atoms with E-state index in [1.54, 1.807) is 11.8 Å². The van der Waals surface area contributed by atoms with Crippen LogP contribution in [0.1, 0.15) is 24.5 Å². The van der Waals surface area contributed by atoms with Crippen LogP contribution in [0.2, 0.25) is 5.02 Å². The Morgan fingerprint density at radius 3 is 2.60 bits per heavy atom. The predicted molar refractivity (Wildman–Crippen MR) is 88.7 cm³/mol. The van der Waals surface area contributed by atoms with E-state index in [9.17, 15) is 0 Å². The molecule has 2 rings (SSSR count). The van der Waals surface area contributed by atoms with Crippen LogP contribution >= 0.6 is 23.4 Å². The number of hydrogen-bond donors (Lipinski definition) is 1. The van der Waals surface area contributed by atoms with Gasteiger partial charge in [-0.1, -0.05) is 48.5 Å². The molecule has 0 radical (unpaired) electrons. The van der Waals surface area contributed by atoms with Gasteiger partial charge in [0.1, 0.15) is 0 Å².